The lowest BCUT2D eigenvalue weighted by Crippen LogP contribution is -2.27. The third-order valence-electron chi connectivity index (χ3n) is 4.59. The van der Waals surface area contributed by atoms with E-state index in [0.717, 1.165) is 0 Å². The van der Waals surface area contributed by atoms with E-state index >= 15 is 0 Å². The number of carbonyl (C=O) groups is 3. The standard InChI is InChI=1S/C20H18N2O7/c1-28-17-8-6-15(7-9-17)21-11-14(10-19(21)24)20(25)29-12-18(23)13-2-4-16(5-3-13)22(26)27/h2-9,14H,10-12H2,1H3/t14-/m1/s1. The summed E-state index contributed by atoms with van der Waals surface area (Å²) in [7, 11) is 1.54. The number of hydrogen-bond donors (Lipinski definition) is 0. The SMILES string of the molecule is COc1ccc(N2C[C@H](C(=O)OCC(=O)c3ccc([N+](=O)[O-])cc3)CC2=O)cc1. The number of non-ortho nitro benzene ring substituents is 1. The van der Waals surface area contributed by atoms with Crippen LogP contribution in [0.25, 0.3) is 0 Å². The van der Waals surface area contributed by atoms with Crippen LogP contribution in [0.2, 0.25) is 0 Å². The Morgan fingerprint density at radius 2 is 1.79 bits per heavy atom. The van der Waals surface area contributed by atoms with Crippen molar-refractivity contribution in [2.45, 2.75) is 6.42 Å². The molecule has 1 fully saturated rings. The lowest BCUT2D eigenvalue weighted by molar-refractivity contribution is -0.384. The number of nitrogens with zero attached hydrogens (tertiary/aromatic N) is 2. The van der Waals surface area contributed by atoms with Gasteiger partial charge in [-0.3, -0.25) is 24.5 Å². The molecule has 1 atom stereocenters. The molecule has 0 aliphatic carbocycles. The molecule has 0 radical (unpaired) electrons. The third kappa shape index (κ3) is 4.57. The normalized spacial score (nSPS) is 15.8. The molecule has 3 rings (SSSR count). The number of amides is 1. The van der Waals surface area contributed by atoms with Gasteiger partial charge in [0.05, 0.1) is 18.0 Å². The first kappa shape index (κ1) is 20.0. The molecule has 0 spiro atoms. The van der Waals surface area contributed by atoms with Crippen molar-refractivity contribution in [3.63, 3.8) is 0 Å². The van der Waals surface area contributed by atoms with Gasteiger partial charge in [-0.05, 0) is 36.4 Å². The zero-order chi connectivity index (χ0) is 21.0. The summed E-state index contributed by atoms with van der Waals surface area (Å²) in [4.78, 5) is 48.2. The first-order valence-electron chi connectivity index (χ1n) is 8.77. The van der Waals surface area contributed by atoms with Crippen LogP contribution in [0.3, 0.4) is 0 Å². The Morgan fingerprint density at radius 1 is 1.14 bits per heavy atom. The first-order chi connectivity index (χ1) is 13.9. The average molecular weight is 398 g/mol. The molecule has 1 heterocycles. The zero-order valence-electron chi connectivity index (χ0n) is 15.6. The first-order valence-corrected chi connectivity index (χ1v) is 8.77. The van der Waals surface area contributed by atoms with Crippen LogP contribution < -0.4 is 9.64 Å². The molecule has 0 bridgehead atoms. The highest BCUT2D eigenvalue weighted by Crippen LogP contribution is 2.27. The number of benzene rings is 2. The summed E-state index contributed by atoms with van der Waals surface area (Å²) in [5, 5.41) is 10.6. The van der Waals surface area contributed by atoms with Crippen LogP contribution in [0.4, 0.5) is 11.4 Å². The van der Waals surface area contributed by atoms with Gasteiger partial charge in [0.25, 0.3) is 5.69 Å². The highest BCUT2D eigenvalue weighted by atomic mass is 16.6. The summed E-state index contributed by atoms with van der Waals surface area (Å²) in [6.45, 7) is -0.334. The van der Waals surface area contributed by atoms with Gasteiger partial charge in [-0.25, -0.2) is 0 Å². The fourth-order valence-electron chi connectivity index (χ4n) is 2.98. The van der Waals surface area contributed by atoms with Crippen LogP contribution in [0, 0.1) is 16.0 Å². The van der Waals surface area contributed by atoms with Gasteiger partial charge < -0.3 is 14.4 Å². The van der Waals surface area contributed by atoms with Crippen LogP contribution in [0.15, 0.2) is 48.5 Å². The molecule has 29 heavy (non-hydrogen) atoms. The number of methoxy groups -OCH3 is 1. The summed E-state index contributed by atoms with van der Waals surface area (Å²) < 4.78 is 10.2. The van der Waals surface area contributed by atoms with Crippen molar-refractivity contribution < 1.29 is 28.8 Å². The number of ether oxygens (including phenoxy) is 2. The maximum absolute atomic E-state index is 12.3. The van der Waals surface area contributed by atoms with E-state index in [9.17, 15) is 24.5 Å². The Kier molecular flexibility index (Phi) is 5.87. The number of ketones is 1. The number of anilines is 1. The Hall–Kier alpha value is -3.75. The van der Waals surface area contributed by atoms with Crippen molar-refractivity contribution in [3.8, 4) is 5.75 Å². The quantitative estimate of drug-likeness (QED) is 0.304. The molecule has 1 aliphatic heterocycles. The van der Waals surface area contributed by atoms with Gasteiger partial charge in [0.2, 0.25) is 5.91 Å². The van der Waals surface area contributed by atoms with Gasteiger partial charge in [-0.15, -0.1) is 0 Å². The summed E-state index contributed by atoms with van der Waals surface area (Å²) in [5.74, 6) is -1.34. The van der Waals surface area contributed by atoms with Crippen LogP contribution in [0.1, 0.15) is 16.8 Å². The highest BCUT2D eigenvalue weighted by Gasteiger charge is 2.36. The fourth-order valence-corrected chi connectivity index (χ4v) is 2.98. The molecular weight excluding hydrogens is 380 g/mol. The van der Waals surface area contributed by atoms with Gasteiger partial charge in [0.1, 0.15) is 5.75 Å². The second kappa shape index (κ2) is 8.51. The highest BCUT2D eigenvalue weighted by molar-refractivity contribution is 6.01. The predicted octanol–water partition coefficient (Wildman–Crippen LogP) is 2.38. The number of rotatable bonds is 7. The molecule has 9 nitrogen and oxygen atoms in total. The van der Waals surface area contributed by atoms with E-state index in [1.54, 1.807) is 31.4 Å². The van der Waals surface area contributed by atoms with Crippen molar-refractivity contribution in [2.24, 2.45) is 5.92 Å². The third-order valence-corrected chi connectivity index (χ3v) is 4.59. The average Bonchev–Trinajstić information content (AvgIpc) is 3.13. The monoisotopic (exact) mass is 398 g/mol. The lowest BCUT2D eigenvalue weighted by atomic mass is 10.1. The molecule has 2 aromatic rings. The molecule has 150 valence electrons. The maximum atomic E-state index is 12.3. The smallest absolute Gasteiger partial charge is 0.311 e. The predicted molar refractivity (Wildman–Crippen MR) is 102 cm³/mol. The molecule has 9 heteroatoms. The molecule has 2 aromatic carbocycles. The molecule has 1 aliphatic rings. The number of carbonyl (C=O) groups excluding carboxylic acids is 3. The number of esters is 1. The molecular formula is C20H18N2O7. The van der Waals surface area contributed by atoms with Crippen molar-refractivity contribution >= 4 is 29.0 Å². The number of hydrogen-bond acceptors (Lipinski definition) is 7. The number of Topliss-reactive ketones (excluding diaryl/α,β-unsaturated/α-hetero) is 1. The minimum atomic E-state index is -0.672. The minimum Gasteiger partial charge on any atom is -0.497 e. The van der Waals surface area contributed by atoms with E-state index < -0.39 is 29.2 Å². The van der Waals surface area contributed by atoms with E-state index in [4.69, 9.17) is 9.47 Å². The largest absolute Gasteiger partial charge is 0.497 e. The number of nitro benzene ring substituents is 1. The summed E-state index contributed by atoms with van der Waals surface area (Å²) in [5.41, 5.74) is 0.709. The van der Waals surface area contributed by atoms with Gasteiger partial charge in [-0.1, -0.05) is 0 Å². The van der Waals surface area contributed by atoms with E-state index in [0.29, 0.717) is 11.4 Å². The van der Waals surface area contributed by atoms with E-state index in [-0.39, 0.29) is 30.1 Å². The summed E-state index contributed by atoms with van der Waals surface area (Å²) in [6, 6.07) is 11.9. The zero-order valence-corrected chi connectivity index (χ0v) is 15.6. The fraction of sp³-hybridized carbons (Fsp3) is 0.250. The molecule has 0 saturated carbocycles. The molecule has 1 amide bonds. The van der Waals surface area contributed by atoms with Crippen molar-refractivity contribution in [3.05, 3.63) is 64.2 Å². The topological polar surface area (TPSA) is 116 Å². The van der Waals surface area contributed by atoms with Crippen LogP contribution in [-0.4, -0.2) is 42.8 Å². The molecule has 0 N–H and O–H groups in total. The van der Waals surface area contributed by atoms with E-state index in [1.165, 1.54) is 29.2 Å². The summed E-state index contributed by atoms with van der Waals surface area (Å²) >= 11 is 0. The number of nitro groups is 1. The Bertz CT molecular complexity index is 938. The van der Waals surface area contributed by atoms with E-state index in [2.05, 4.69) is 0 Å². The second-order valence-electron chi connectivity index (χ2n) is 6.44. The van der Waals surface area contributed by atoms with Crippen molar-refractivity contribution in [1.29, 1.82) is 0 Å². The Morgan fingerprint density at radius 3 is 2.38 bits per heavy atom. The van der Waals surface area contributed by atoms with Crippen molar-refractivity contribution in [2.75, 3.05) is 25.2 Å². The Balaban J connectivity index is 1.56. The maximum Gasteiger partial charge on any atom is 0.311 e. The van der Waals surface area contributed by atoms with Crippen LogP contribution >= 0.6 is 0 Å². The summed E-state index contributed by atoms with van der Waals surface area (Å²) in [6.07, 6.45) is -0.00339. The molecule has 0 unspecified atom stereocenters. The van der Waals surface area contributed by atoms with Gasteiger partial charge >= 0.3 is 5.97 Å². The van der Waals surface area contributed by atoms with Gasteiger partial charge in [0, 0.05) is 36.3 Å². The van der Waals surface area contributed by atoms with Crippen molar-refractivity contribution in [1.82, 2.24) is 0 Å². The van der Waals surface area contributed by atoms with Gasteiger partial charge in [0.15, 0.2) is 12.4 Å². The van der Waals surface area contributed by atoms with E-state index in [1.807, 2.05) is 0 Å². The lowest BCUT2D eigenvalue weighted by Gasteiger charge is -2.16. The molecule has 0 aromatic heterocycles. The van der Waals surface area contributed by atoms with Gasteiger partial charge in [-0.2, -0.15) is 0 Å². The minimum absolute atomic E-state index is 0.00339. The second-order valence-corrected chi connectivity index (χ2v) is 6.44. The van der Waals surface area contributed by atoms with Crippen LogP contribution in [-0.2, 0) is 14.3 Å². The van der Waals surface area contributed by atoms with Crippen LogP contribution in [0.5, 0.6) is 5.75 Å². The molecule has 1 saturated heterocycles. The Labute approximate surface area is 166 Å².